The minimum absolute atomic E-state index is 0.00936. The summed E-state index contributed by atoms with van der Waals surface area (Å²) in [5.74, 6) is 0.621. The molecule has 3 rings (SSSR count). The van der Waals surface area contributed by atoms with E-state index in [1.807, 2.05) is 25.1 Å². The molecule has 3 nitrogen and oxygen atoms in total. The Kier molecular flexibility index (Phi) is 10.6. The van der Waals surface area contributed by atoms with E-state index in [-0.39, 0.29) is 13.2 Å². The number of likely N-dealkylation sites (tertiary alicyclic amines) is 1. The van der Waals surface area contributed by atoms with Crippen molar-refractivity contribution in [1.82, 2.24) is 4.90 Å². The average molecular weight is 462 g/mol. The van der Waals surface area contributed by atoms with Crippen LogP contribution in [0.15, 0.2) is 83.0 Å². The summed E-state index contributed by atoms with van der Waals surface area (Å²) >= 11 is 0. The maximum Gasteiger partial charge on any atom is 0.0621 e. The molecule has 0 unspecified atom stereocenters. The number of hydrogen-bond donors (Lipinski definition) is 2. The molecule has 2 N–H and O–H groups in total. The molecule has 184 valence electrons. The summed E-state index contributed by atoms with van der Waals surface area (Å²) in [4.78, 5) is 2.68. The topological polar surface area (TPSA) is 43.7 Å². The highest BCUT2D eigenvalue weighted by Gasteiger charge is 2.32. The van der Waals surface area contributed by atoms with Crippen LogP contribution in [0, 0.1) is 5.92 Å². The maximum atomic E-state index is 9.84. The Morgan fingerprint density at radius 1 is 1.00 bits per heavy atom. The zero-order chi connectivity index (χ0) is 24.3. The van der Waals surface area contributed by atoms with E-state index >= 15 is 0 Å². The first kappa shape index (κ1) is 26.4. The highest BCUT2D eigenvalue weighted by molar-refractivity contribution is 5.79. The molecule has 0 bridgehead atoms. The first-order valence-electron chi connectivity index (χ1n) is 13.0. The molecule has 3 heteroatoms. The molecule has 34 heavy (non-hydrogen) atoms. The van der Waals surface area contributed by atoms with Crippen LogP contribution in [0.2, 0.25) is 0 Å². The summed E-state index contributed by atoms with van der Waals surface area (Å²) in [5, 5.41) is 19.5. The van der Waals surface area contributed by atoms with Crippen LogP contribution >= 0.6 is 0 Å². The van der Waals surface area contributed by atoms with Crippen LogP contribution in [0.3, 0.4) is 0 Å². The molecule has 1 aliphatic carbocycles. The van der Waals surface area contributed by atoms with Crippen molar-refractivity contribution in [2.24, 2.45) is 5.92 Å². The summed E-state index contributed by atoms with van der Waals surface area (Å²) in [6.07, 6.45) is 17.3. The predicted octanol–water partition coefficient (Wildman–Crippen LogP) is 6.47. The smallest absolute Gasteiger partial charge is 0.0621 e. The molecule has 0 spiro atoms. The van der Waals surface area contributed by atoms with Gasteiger partial charge in [0, 0.05) is 12.6 Å². The third-order valence-corrected chi connectivity index (χ3v) is 7.17. The van der Waals surface area contributed by atoms with Gasteiger partial charge in [0.05, 0.1) is 6.61 Å². The van der Waals surface area contributed by atoms with Gasteiger partial charge in [-0.3, -0.25) is 0 Å². The Morgan fingerprint density at radius 3 is 2.26 bits per heavy atom. The fourth-order valence-corrected chi connectivity index (χ4v) is 5.18. The lowest BCUT2D eigenvalue weighted by atomic mass is 9.83. The fourth-order valence-electron chi connectivity index (χ4n) is 5.18. The van der Waals surface area contributed by atoms with E-state index in [1.165, 1.54) is 61.1 Å². The van der Waals surface area contributed by atoms with Gasteiger partial charge in [-0.15, -0.1) is 0 Å². The summed E-state index contributed by atoms with van der Waals surface area (Å²) in [5.41, 5.74) is 7.21. The molecule has 2 fully saturated rings. The molecule has 0 amide bonds. The van der Waals surface area contributed by atoms with E-state index in [9.17, 15) is 10.2 Å². The third-order valence-electron chi connectivity index (χ3n) is 7.17. The molecule has 2 aliphatic rings. The Bertz CT molecular complexity index is 923. The van der Waals surface area contributed by atoms with Gasteiger partial charge in [-0.05, 0) is 106 Å². The number of rotatable bonds is 11. The summed E-state index contributed by atoms with van der Waals surface area (Å²) in [7, 11) is 0. The molecule has 1 aliphatic heterocycles. The molecule has 0 atom stereocenters. The first-order valence-corrected chi connectivity index (χ1v) is 13.0. The second-order valence-corrected chi connectivity index (χ2v) is 9.56. The largest absolute Gasteiger partial charge is 0.396 e. The maximum absolute atomic E-state index is 9.84. The van der Waals surface area contributed by atoms with Crippen LogP contribution in [-0.2, 0) is 0 Å². The summed E-state index contributed by atoms with van der Waals surface area (Å²) < 4.78 is 0. The van der Waals surface area contributed by atoms with Gasteiger partial charge in [0.15, 0.2) is 0 Å². The molecule has 1 aromatic carbocycles. The van der Waals surface area contributed by atoms with E-state index in [0.29, 0.717) is 12.3 Å². The minimum atomic E-state index is -0.00936. The van der Waals surface area contributed by atoms with E-state index in [1.54, 1.807) is 0 Å². The first-order chi connectivity index (χ1) is 16.6. The van der Waals surface area contributed by atoms with E-state index in [2.05, 4.69) is 61.2 Å². The number of aliphatic hydroxyl groups is 2. The van der Waals surface area contributed by atoms with Gasteiger partial charge < -0.3 is 15.1 Å². The number of benzene rings is 1. The van der Waals surface area contributed by atoms with Crippen molar-refractivity contribution in [2.45, 2.75) is 65.3 Å². The van der Waals surface area contributed by atoms with Crippen LogP contribution < -0.4 is 0 Å². The molecule has 1 heterocycles. The summed E-state index contributed by atoms with van der Waals surface area (Å²) in [6.45, 7) is 9.00. The highest BCUT2D eigenvalue weighted by Crippen LogP contribution is 2.37. The van der Waals surface area contributed by atoms with E-state index in [0.717, 1.165) is 23.6 Å². The normalized spacial score (nSPS) is 20.2. The van der Waals surface area contributed by atoms with Gasteiger partial charge in [-0.25, -0.2) is 0 Å². The molecule has 0 radical (unpaired) electrons. The van der Waals surface area contributed by atoms with Crippen molar-refractivity contribution in [3.8, 4) is 0 Å². The van der Waals surface area contributed by atoms with Crippen molar-refractivity contribution in [1.29, 1.82) is 0 Å². The lowest BCUT2D eigenvalue weighted by Crippen LogP contribution is -2.35. The lowest BCUT2D eigenvalue weighted by Gasteiger charge is -2.32. The highest BCUT2D eigenvalue weighted by atomic mass is 16.3. The number of nitrogens with zero attached hydrogens (tertiary/aromatic N) is 1. The van der Waals surface area contributed by atoms with E-state index < -0.39 is 0 Å². The van der Waals surface area contributed by atoms with Crippen molar-refractivity contribution < 1.29 is 10.2 Å². The molecule has 0 aromatic heterocycles. The average Bonchev–Trinajstić information content (AvgIpc) is 3.72. The molecule has 1 saturated heterocycles. The van der Waals surface area contributed by atoms with Gasteiger partial charge in [-0.1, -0.05) is 66.3 Å². The Balaban J connectivity index is 2.03. The molecular weight excluding hydrogens is 418 g/mol. The van der Waals surface area contributed by atoms with Crippen molar-refractivity contribution >= 4 is 5.57 Å². The van der Waals surface area contributed by atoms with Gasteiger partial charge in [0.1, 0.15) is 0 Å². The van der Waals surface area contributed by atoms with Crippen LogP contribution in [0.25, 0.3) is 5.57 Å². The molecule has 1 saturated carbocycles. The van der Waals surface area contributed by atoms with Crippen LogP contribution in [0.1, 0.15) is 64.9 Å². The fraction of sp³-hybridized carbons (Fsp3) is 0.484. The Morgan fingerprint density at radius 2 is 1.71 bits per heavy atom. The number of hydrogen-bond acceptors (Lipinski definition) is 3. The van der Waals surface area contributed by atoms with Crippen LogP contribution in [0.4, 0.5) is 0 Å². The lowest BCUT2D eigenvalue weighted by molar-refractivity contribution is 0.190. The Hall–Kier alpha value is -2.20. The Labute approximate surface area is 206 Å². The third kappa shape index (κ3) is 7.15. The van der Waals surface area contributed by atoms with Gasteiger partial charge in [0.2, 0.25) is 0 Å². The molecular formula is C31H43NO2. The van der Waals surface area contributed by atoms with Crippen molar-refractivity contribution in [3.63, 3.8) is 0 Å². The van der Waals surface area contributed by atoms with Gasteiger partial charge in [0.25, 0.3) is 0 Å². The second kappa shape index (κ2) is 13.6. The van der Waals surface area contributed by atoms with Crippen molar-refractivity contribution in [3.05, 3.63) is 88.6 Å². The quantitative estimate of drug-likeness (QED) is 0.371. The zero-order valence-electron chi connectivity index (χ0n) is 21.3. The van der Waals surface area contributed by atoms with Crippen LogP contribution in [0.5, 0.6) is 0 Å². The number of piperidine rings is 1. The summed E-state index contributed by atoms with van der Waals surface area (Å²) in [6, 6.07) is 11.3. The second-order valence-electron chi connectivity index (χ2n) is 9.56. The predicted molar refractivity (Wildman–Crippen MR) is 144 cm³/mol. The number of aliphatic hydroxyl groups excluding tert-OH is 2. The van der Waals surface area contributed by atoms with Crippen LogP contribution in [-0.4, -0.2) is 47.5 Å². The number of allylic oxidation sites excluding steroid dienone is 9. The van der Waals surface area contributed by atoms with Gasteiger partial charge in [-0.2, -0.15) is 0 Å². The van der Waals surface area contributed by atoms with Gasteiger partial charge >= 0.3 is 0 Å². The van der Waals surface area contributed by atoms with E-state index in [4.69, 9.17) is 0 Å². The monoisotopic (exact) mass is 461 g/mol. The minimum Gasteiger partial charge on any atom is -0.396 e. The standard InChI is InChI=1S/C31H43NO2/c1-4-10-28(18-22-34)31(30(13-9-21-33)27-11-7-6-8-12-27)25(5-2)23-24(3)26-16-19-32(20-17-26)29-14-15-29/h4-8,10-12,18,23,26,29,33-34H,9,13-17,19-22H2,1-3H3/b10-4-,24-23+,25-5+,28-18+,31-30-. The van der Waals surface area contributed by atoms with Crippen molar-refractivity contribution in [2.75, 3.05) is 26.3 Å². The zero-order valence-corrected chi connectivity index (χ0v) is 21.3. The molecule has 1 aromatic rings. The SMILES string of the molecule is C\C=C/C(=C\CO)C(=C(/CCCO)c1ccccc1)/C(=C/C)/C=C(\C)C1CCN(C2CC2)CC1.